The van der Waals surface area contributed by atoms with Gasteiger partial charge < -0.3 is 9.84 Å². The van der Waals surface area contributed by atoms with Gasteiger partial charge in [-0.25, -0.2) is 14.2 Å². The third-order valence-corrected chi connectivity index (χ3v) is 2.13. The molecular weight excluding hydrogens is 239 g/mol. The molecule has 18 heavy (non-hydrogen) atoms. The Labute approximate surface area is 102 Å². The summed E-state index contributed by atoms with van der Waals surface area (Å²) in [5.41, 5.74) is 0.311. The Morgan fingerprint density at radius 2 is 2.22 bits per heavy atom. The highest BCUT2D eigenvalue weighted by Gasteiger charge is 2.14. The number of hydrogen-bond donors (Lipinski definition) is 1. The molecule has 0 unspecified atom stereocenters. The van der Waals surface area contributed by atoms with Gasteiger partial charge in [0.2, 0.25) is 5.88 Å². The number of carboxylic acid groups (broad SMARTS) is 1. The van der Waals surface area contributed by atoms with Crippen LogP contribution in [0.25, 0.3) is 0 Å². The van der Waals surface area contributed by atoms with Crippen LogP contribution in [0.3, 0.4) is 0 Å². The van der Waals surface area contributed by atoms with Gasteiger partial charge in [0.1, 0.15) is 18.0 Å². The highest BCUT2D eigenvalue weighted by molar-refractivity contribution is 5.90. The lowest BCUT2D eigenvalue weighted by Crippen LogP contribution is -2.06. The topological polar surface area (TPSA) is 72.3 Å². The lowest BCUT2D eigenvalue weighted by molar-refractivity contribution is 0.0689. The Morgan fingerprint density at radius 1 is 1.39 bits per heavy atom. The van der Waals surface area contributed by atoms with Crippen LogP contribution in [0.15, 0.2) is 36.7 Å². The molecule has 0 saturated heterocycles. The molecule has 0 radical (unpaired) electrons. The van der Waals surface area contributed by atoms with E-state index in [4.69, 9.17) is 9.84 Å². The van der Waals surface area contributed by atoms with Crippen LogP contribution in [0.4, 0.5) is 4.39 Å². The molecule has 0 fully saturated rings. The molecule has 0 aliphatic heterocycles. The average Bonchev–Trinajstić information content (AvgIpc) is 2.38. The summed E-state index contributed by atoms with van der Waals surface area (Å²) in [4.78, 5) is 18.5. The fourth-order valence-electron chi connectivity index (χ4n) is 1.32. The molecule has 2 aromatic heterocycles. The summed E-state index contributed by atoms with van der Waals surface area (Å²) in [7, 11) is 0. The molecular formula is C12H9FN2O3. The third-order valence-electron chi connectivity index (χ3n) is 2.13. The minimum atomic E-state index is -1.29. The lowest BCUT2D eigenvalue weighted by atomic mass is 10.2. The van der Waals surface area contributed by atoms with E-state index in [-0.39, 0.29) is 18.1 Å². The zero-order valence-corrected chi connectivity index (χ0v) is 9.21. The summed E-state index contributed by atoms with van der Waals surface area (Å²) in [6, 6.07) is 6.12. The summed E-state index contributed by atoms with van der Waals surface area (Å²) in [6.07, 6.45) is 2.50. The first-order valence-electron chi connectivity index (χ1n) is 5.08. The van der Waals surface area contributed by atoms with E-state index in [2.05, 4.69) is 9.97 Å². The number of pyridine rings is 2. The number of carbonyl (C=O) groups is 1. The standard InChI is InChI=1S/C12H9FN2O3/c13-8-5-10(12(16)17)11(15-6-8)18-7-9-3-1-2-4-14-9/h1-6H,7H2,(H,16,17). The summed E-state index contributed by atoms with van der Waals surface area (Å²) < 4.78 is 18.1. The Balaban J connectivity index is 2.17. The number of rotatable bonds is 4. The molecule has 0 saturated carbocycles. The van der Waals surface area contributed by atoms with Crippen molar-refractivity contribution in [2.45, 2.75) is 6.61 Å². The van der Waals surface area contributed by atoms with Crippen molar-refractivity contribution >= 4 is 5.97 Å². The Kier molecular flexibility index (Phi) is 3.47. The van der Waals surface area contributed by atoms with Crippen molar-refractivity contribution in [1.82, 2.24) is 9.97 Å². The zero-order chi connectivity index (χ0) is 13.0. The second-order valence-electron chi connectivity index (χ2n) is 3.42. The van der Waals surface area contributed by atoms with Gasteiger partial charge >= 0.3 is 5.97 Å². The van der Waals surface area contributed by atoms with E-state index in [0.29, 0.717) is 5.69 Å². The van der Waals surface area contributed by atoms with Crippen molar-refractivity contribution in [3.05, 3.63) is 53.7 Å². The van der Waals surface area contributed by atoms with Crippen molar-refractivity contribution in [2.24, 2.45) is 0 Å². The smallest absolute Gasteiger partial charge is 0.341 e. The van der Waals surface area contributed by atoms with E-state index < -0.39 is 11.8 Å². The second kappa shape index (κ2) is 5.22. The molecule has 0 atom stereocenters. The molecule has 0 bridgehead atoms. The van der Waals surface area contributed by atoms with Gasteiger partial charge in [-0.3, -0.25) is 4.98 Å². The highest BCUT2D eigenvalue weighted by atomic mass is 19.1. The van der Waals surface area contributed by atoms with Crippen molar-refractivity contribution in [3.63, 3.8) is 0 Å². The van der Waals surface area contributed by atoms with Crippen molar-refractivity contribution in [1.29, 1.82) is 0 Å². The molecule has 5 nitrogen and oxygen atoms in total. The van der Waals surface area contributed by atoms with Gasteiger partial charge in [0.15, 0.2) is 0 Å². The number of ether oxygens (including phenoxy) is 1. The lowest BCUT2D eigenvalue weighted by Gasteiger charge is -2.07. The Hall–Kier alpha value is -2.50. The van der Waals surface area contributed by atoms with E-state index in [1.807, 2.05) is 0 Å². The van der Waals surface area contributed by atoms with Gasteiger partial charge in [-0.15, -0.1) is 0 Å². The highest BCUT2D eigenvalue weighted by Crippen LogP contribution is 2.17. The number of halogens is 1. The number of hydrogen-bond acceptors (Lipinski definition) is 4. The SMILES string of the molecule is O=C(O)c1cc(F)cnc1OCc1ccccn1. The van der Waals surface area contributed by atoms with Crippen LogP contribution in [0, 0.1) is 5.82 Å². The Morgan fingerprint density at radius 3 is 2.89 bits per heavy atom. The zero-order valence-electron chi connectivity index (χ0n) is 9.21. The normalized spacial score (nSPS) is 10.1. The molecule has 0 amide bonds. The van der Waals surface area contributed by atoms with Crippen LogP contribution in [0.1, 0.15) is 16.1 Å². The monoisotopic (exact) mass is 248 g/mol. The maximum atomic E-state index is 12.9. The van der Waals surface area contributed by atoms with E-state index >= 15 is 0 Å². The fraction of sp³-hybridized carbons (Fsp3) is 0.0833. The van der Waals surface area contributed by atoms with E-state index in [1.165, 1.54) is 0 Å². The quantitative estimate of drug-likeness (QED) is 0.894. The molecule has 2 rings (SSSR count). The van der Waals surface area contributed by atoms with Gasteiger partial charge in [0.25, 0.3) is 0 Å². The van der Waals surface area contributed by atoms with E-state index in [1.54, 1.807) is 24.4 Å². The van der Waals surface area contributed by atoms with E-state index in [9.17, 15) is 9.18 Å². The van der Waals surface area contributed by atoms with Gasteiger partial charge in [0, 0.05) is 6.20 Å². The van der Waals surface area contributed by atoms with Crippen molar-refractivity contribution < 1.29 is 19.0 Å². The summed E-state index contributed by atoms with van der Waals surface area (Å²) >= 11 is 0. The molecule has 6 heteroatoms. The third kappa shape index (κ3) is 2.79. The maximum Gasteiger partial charge on any atom is 0.341 e. The van der Waals surface area contributed by atoms with Crippen molar-refractivity contribution in [3.8, 4) is 5.88 Å². The van der Waals surface area contributed by atoms with Crippen LogP contribution >= 0.6 is 0 Å². The van der Waals surface area contributed by atoms with Crippen molar-refractivity contribution in [2.75, 3.05) is 0 Å². The number of aromatic carboxylic acids is 1. The number of nitrogens with zero attached hydrogens (tertiary/aromatic N) is 2. The van der Waals surface area contributed by atoms with Gasteiger partial charge in [-0.2, -0.15) is 0 Å². The van der Waals surface area contributed by atoms with Crippen LogP contribution in [-0.2, 0) is 6.61 Å². The molecule has 0 aliphatic carbocycles. The van der Waals surface area contributed by atoms with Gasteiger partial charge in [-0.1, -0.05) is 6.07 Å². The summed E-state index contributed by atoms with van der Waals surface area (Å²) in [5.74, 6) is -2.15. The van der Waals surface area contributed by atoms with Crippen LogP contribution in [0.2, 0.25) is 0 Å². The average molecular weight is 248 g/mol. The van der Waals surface area contributed by atoms with Crippen LogP contribution < -0.4 is 4.74 Å². The number of carboxylic acids is 1. The number of aromatic nitrogens is 2. The van der Waals surface area contributed by atoms with Crippen LogP contribution in [-0.4, -0.2) is 21.0 Å². The minimum Gasteiger partial charge on any atom is -0.477 e. The largest absolute Gasteiger partial charge is 0.477 e. The predicted molar refractivity (Wildman–Crippen MR) is 59.7 cm³/mol. The molecule has 2 heterocycles. The van der Waals surface area contributed by atoms with Gasteiger partial charge in [-0.05, 0) is 18.2 Å². The predicted octanol–water partition coefficient (Wildman–Crippen LogP) is 1.89. The van der Waals surface area contributed by atoms with E-state index in [0.717, 1.165) is 12.3 Å². The first-order valence-corrected chi connectivity index (χ1v) is 5.08. The maximum absolute atomic E-state index is 12.9. The summed E-state index contributed by atoms with van der Waals surface area (Å²) in [6.45, 7) is 0.0692. The second-order valence-corrected chi connectivity index (χ2v) is 3.42. The molecule has 0 aliphatic rings. The first-order chi connectivity index (χ1) is 8.66. The molecule has 1 N–H and O–H groups in total. The molecule has 0 spiro atoms. The Bertz CT molecular complexity index is 561. The summed E-state index contributed by atoms with van der Waals surface area (Å²) in [5, 5.41) is 8.89. The minimum absolute atomic E-state index is 0.0692. The molecule has 92 valence electrons. The van der Waals surface area contributed by atoms with Gasteiger partial charge in [0.05, 0.1) is 11.9 Å². The first kappa shape index (κ1) is 12.0. The van der Waals surface area contributed by atoms with Crippen LogP contribution in [0.5, 0.6) is 5.88 Å². The fourth-order valence-corrected chi connectivity index (χ4v) is 1.32. The molecule has 0 aromatic carbocycles. The molecule has 2 aromatic rings.